The molecule has 0 unspecified atom stereocenters. The number of hydrogen-bond donors (Lipinski definition) is 1. The number of ether oxygens (including phenoxy) is 2. The van der Waals surface area contributed by atoms with Gasteiger partial charge in [-0.2, -0.15) is 0 Å². The van der Waals surface area contributed by atoms with Crippen LogP contribution < -0.4 is 15.2 Å². The first-order chi connectivity index (χ1) is 9.97. The Kier molecular flexibility index (Phi) is 4.47. The van der Waals surface area contributed by atoms with Crippen LogP contribution in [0.5, 0.6) is 11.5 Å². The Morgan fingerprint density at radius 2 is 1.76 bits per heavy atom. The summed E-state index contributed by atoms with van der Waals surface area (Å²) in [5.41, 5.74) is 5.87. The smallest absolute Gasteiger partial charge is 0.199 e. The van der Waals surface area contributed by atoms with Crippen LogP contribution in [0.15, 0.2) is 34.8 Å². The quantitative estimate of drug-likeness (QED) is 0.675. The van der Waals surface area contributed by atoms with Crippen LogP contribution in [0, 0.1) is 5.82 Å². The third-order valence-electron chi connectivity index (χ3n) is 2.96. The zero-order valence-corrected chi connectivity index (χ0v) is 13.0. The third kappa shape index (κ3) is 3.00. The number of halogens is 2. The van der Waals surface area contributed by atoms with Gasteiger partial charge in [-0.1, -0.05) is 0 Å². The van der Waals surface area contributed by atoms with E-state index < -0.39 is 11.6 Å². The molecule has 0 radical (unpaired) electrons. The molecule has 0 fully saturated rings. The Balaban J connectivity index is 2.56. The fourth-order valence-electron chi connectivity index (χ4n) is 1.90. The second-order valence-electron chi connectivity index (χ2n) is 4.26. The highest BCUT2D eigenvalue weighted by Crippen LogP contribution is 2.34. The molecule has 4 nitrogen and oxygen atoms in total. The van der Waals surface area contributed by atoms with Gasteiger partial charge in [-0.3, -0.25) is 4.79 Å². The maximum atomic E-state index is 13.9. The van der Waals surface area contributed by atoms with E-state index in [1.807, 2.05) is 0 Å². The lowest BCUT2D eigenvalue weighted by Gasteiger charge is -2.12. The van der Waals surface area contributed by atoms with Crippen LogP contribution in [0.4, 0.5) is 10.1 Å². The lowest BCUT2D eigenvalue weighted by Crippen LogP contribution is -2.07. The van der Waals surface area contributed by atoms with E-state index in [1.54, 1.807) is 6.07 Å². The Labute approximate surface area is 129 Å². The van der Waals surface area contributed by atoms with Gasteiger partial charge in [-0.25, -0.2) is 4.39 Å². The monoisotopic (exact) mass is 353 g/mol. The average Bonchev–Trinajstić information content (AvgIpc) is 2.46. The minimum Gasteiger partial charge on any atom is -0.496 e. The summed E-state index contributed by atoms with van der Waals surface area (Å²) in [6.45, 7) is 0. The first-order valence-electron chi connectivity index (χ1n) is 5.99. The Hall–Kier alpha value is -2.08. The highest BCUT2D eigenvalue weighted by atomic mass is 79.9. The standard InChI is InChI=1S/C15H13BrFNO3/c1-20-13-7-11(16)14(21-2)6-10(13)15(19)9-4-3-8(18)5-12(9)17/h3-7H,18H2,1-2H3. The van der Waals surface area contributed by atoms with Crippen molar-refractivity contribution in [3.8, 4) is 11.5 Å². The average molecular weight is 354 g/mol. The molecule has 0 spiro atoms. The summed E-state index contributed by atoms with van der Waals surface area (Å²) in [5.74, 6) is -0.405. The molecule has 0 aliphatic heterocycles. The number of nitrogen functional groups attached to an aromatic ring is 1. The van der Waals surface area contributed by atoms with Crippen LogP contribution in [0.2, 0.25) is 0 Å². The van der Waals surface area contributed by atoms with E-state index in [-0.39, 0.29) is 16.8 Å². The summed E-state index contributed by atoms with van der Waals surface area (Å²) >= 11 is 3.30. The largest absolute Gasteiger partial charge is 0.496 e. The Morgan fingerprint density at radius 1 is 1.10 bits per heavy atom. The molecule has 2 rings (SSSR count). The number of ketones is 1. The molecule has 0 aliphatic carbocycles. The molecule has 0 heterocycles. The van der Waals surface area contributed by atoms with Crippen molar-refractivity contribution in [2.24, 2.45) is 0 Å². The molecule has 2 aromatic rings. The highest BCUT2D eigenvalue weighted by Gasteiger charge is 2.20. The van der Waals surface area contributed by atoms with Gasteiger partial charge in [-0.05, 0) is 46.3 Å². The van der Waals surface area contributed by atoms with E-state index in [4.69, 9.17) is 15.2 Å². The van der Waals surface area contributed by atoms with Crippen molar-refractivity contribution in [2.45, 2.75) is 0 Å². The molecule has 0 atom stereocenters. The normalized spacial score (nSPS) is 10.3. The molecule has 0 bridgehead atoms. The number of methoxy groups -OCH3 is 2. The summed E-state index contributed by atoms with van der Waals surface area (Å²) in [5, 5.41) is 0. The lowest BCUT2D eigenvalue weighted by molar-refractivity contribution is 0.103. The topological polar surface area (TPSA) is 61.5 Å². The lowest BCUT2D eigenvalue weighted by atomic mass is 10.0. The van der Waals surface area contributed by atoms with Crippen LogP contribution in [0.25, 0.3) is 0 Å². The highest BCUT2D eigenvalue weighted by molar-refractivity contribution is 9.10. The third-order valence-corrected chi connectivity index (χ3v) is 3.58. The van der Waals surface area contributed by atoms with E-state index >= 15 is 0 Å². The molecule has 0 saturated carbocycles. The van der Waals surface area contributed by atoms with Crippen LogP contribution >= 0.6 is 15.9 Å². The van der Waals surface area contributed by atoms with Gasteiger partial charge in [0.05, 0.1) is 29.8 Å². The van der Waals surface area contributed by atoms with Crippen molar-refractivity contribution < 1.29 is 18.7 Å². The molecule has 6 heteroatoms. The maximum absolute atomic E-state index is 13.9. The fourth-order valence-corrected chi connectivity index (χ4v) is 2.38. The van der Waals surface area contributed by atoms with Gasteiger partial charge in [0.2, 0.25) is 0 Å². The maximum Gasteiger partial charge on any atom is 0.199 e. The number of carbonyl (C=O) groups is 1. The van der Waals surface area contributed by atoms with E-state index in [0.29, 0.717) is 16.0 Å². The summed E-state index contributed by atoms with van der Waals surface area (Å²) in [7, 11) is 2.91. The molecule has 21 heavy (non-hydrogen) atoms. The number of anilines is 1. The number of carbonyl (C=O) groups excluding carboxylic acids is 1. The van der Waals surface area contributed by atoms with Crippen molar-refractivity contribution in [1.82, 2.24) is 0 Å². The predicted molar refractivity (Wildman–Crippen MR) is 81.5 cm³/mol. The van der Waals surface area contributed by atoms with E-state index in [1.165, 1.54) is 32.4 Å². The summed E-state index contributed by atoms with van der Waals surface area (Å²) < 4.78 is 24.9. The Morgan fingerprint density at radius 3 is 2.33 bits per heavy atom. The zero-order chi connectivity index (χ0) is 15.6. The van der Waals surface area contributed by atoms with E-state index in [0.717, 1.165) is 6.07 Å². The number of nitrogens with two attached hydrogens (primary N) is 1. The number of rotatable bonds is 4. The minimum atomic E-state index is -0.677. The molecule has 0 saturated heterocycles. The van der Waals surface area contributed by atoms with Gasteiger partial charge in [-0.15, -0.1) is 0 Å². The molecule has 0 amide bonds. The second-order valence-corrected chi connectivity index (χ2v) is 5.11. The SMILES string of the molecule is COc1cc(C(=O)c2ccc(N)cc2F)c(OC)cc1Br. The van der Waals surface area contributed by atoms with Gasteiger partial charge in [0, 0.05) is 5.69 Å². The molecule has 0 aromatic heterocycles. The Bertz CT molecular complexity index is 704. The molecule has 2 aromatic carbocycles. The second kappa shape index (κ2) is 6.13. The van der Waals surface area contributed by atoms with Crippen molar-refractivity contribution in [2.75, 3.05) is 20.0 Å². The van der Waals surface area contributed by atoms with Gasteiger partial charge in [0.1, 0.15) is 17.3 Å². The van der Waals surface area contributed by atoms with Crippen molar-refractivity contribution in [3.63, 3.8) is 0 Å². The number of benzene rings is 2. The first-order valence-corrected chi connectivity index (χ1v) is 6.78. The van der Waals surface area contributed by atoms with Crippen molar-refractivity contribution in [3.05, 3.63) is 51.7 Å². The fraction of sp³-hybridized carbons (Fsp3) is 0.133. The summed E-state index contributed by atoms with van der Waals surface area (Å²) in [6.07, 6.45) is 0. The first kappa shape index (κ1) is 15.3. The zero-order valence-electron chi connectivity index (χ0n) is 11.4. The van der Waals surface area contributed by atoms with Gasteiger partial charge < -0.3 is 15.2 Å². The summed E-state index contributed by atoms with van der Waals surface area (Å²) in [6, 6.07) is 7.03. The van der Waals surface area contributed by atoms with Crippen molar-refractivity contribution >= 4 is 27.4 Å². The van der Waals surface area contributed by atoms with Crippen LogP contribution in [0.1, 0.15) is 15.9 Å². The minimum absolute atomic E-state index is 0.0770. The molecular weight excluding hydrogens is 341 g/mol. The van der Waals surface area contributed by atoms with Crippen LogP contribution in [-0.4, -0.2) is 20.0 Å². The van der Waals surface area contributed by atoms with E-state index in [2.05, 4.69) is 15.9 Å². The van der Waals surface area contributed by atoms with E-state index in [9.17, 15) is 9.18 Å². The predicted octanol–water partition coefficient (Wildman–Crippen LogP) is 3.42. The molecular formula is C15H13BrFNO3. The molecule has 110 valence electrons. The van der Waals surface area contributed by atoms with Gasteiger partial charge in [0.15, 0.2) is 5.78 Å². The van der Waals surface area contributed by atoms with Gasteiger partial charge in [0.25, 0.3) is 0 Å². The molecule has 0 aliphatic rings. The van der Waals surface area contributed by atoms with Gasteiger partial charge >= 0.3 is 0 Å². The van der Waals surface area contributed by atoms with Crippen LogP contribution in [0.3, 0.4) is 0 Å². The number of hydrogen-bond acceptors (Lipinski definition) is 4. The van der Waals surface area contributed by atoms with Crippen molar-refractivity contribution in [1.29, 1.82) is 0 Å². The molecule has 2 N–H and O–H groups in total. The summed E-state index contributed by atoms with van der Waals surface area (Å²) in [4.78, 5) is 12.5. The van der Waals surface area contributed by atoms with Crippen LogP contribution in [-0.2, 0) is 0 Å².